The van der Waals surface area contributed by atoms with E-state index in [1.807, 2.05) is 24.3 Å². The van der Waals surface area contributed by atoms with Crippen LogP contribution in [0.1, 0.15) is 6.42 Å². The number of ether oxygens (including phenoxy) is 2. The molecular weight excluding hydrogens is 441 g/mol. The van der Waals surface area contributed by atoms with Crippen molar-refractivity contribution in [3.05, 3.63) is 52.6 Å². The number of halogens is 2. The van der Waals surface area contributed by atoms with Crippen molar-refractivity contribution in [3.63, 3.8) is 0 Å². The number of likely N-dealkylation sites (tertiary alicyclic amines) is 1. The molecule has 3 aromatic rings. The van der Waals surface area contributed by atoms with Gasteiger partial charge in [0.15, 0.2) is 0 Å². The monoisotopic (exact) mass is 463 g/mol. The summed E-state index contributed by atoms with van der Waals surface area (Å²) >= 11 is 14.0. The third-order valence-electron chi connectivity index (χ3n) is 5.64. The quantitative estimate of drug-likeness (QED) is 0.331. The number of H-pyrrole nitrogens is 1. The predicted molar refractivity (Wildman–Crippen MR) is 124 cm³/mol. The molecule has 2 fully saturated rings. The first-order valence-electron chi connectivity index (χ1n) is 10.0. The second kappa shape index (κ2) is 8.52. The van der Waals surface area contributed by atoms with Gasteiger partial charge in [-0.3, -0.25) is 0 Å². The van der Waals surface area contributed by atoms with Crippen molar-refractivity contribution in [2.24, 2.45) is 5.41 Å². The SMILES string of the molecule is Clc1ccc(NSc2cccc(OCCCN3CC4(COC4)C3)c2)c2[nH]cc(Cl)c12. The van der Waals surface area contributed by atoms with E-state index in [0.717, 1.165) is 60.0 Å². The number of hydrogen-bond acceptors (Lipinski definition) is 5. The number of aromatic nitrogens is 1. The van der Waals surface area contributed by atoms with Gasteiger partial charge in [-0.2, -0.15) is 0 Å². The maximum absolute atomic E-state index is 6.27. The Labute approximate surface area is 190 Å². The van der Waals surface area contributed by atoms with E-state index in [0.29, 0.717) is 15.5 Å². The number of hydrogen-bond donors (Lipinski definition) is 2. The fourth-order valence-electron chi connectivity index (χ4n) is 4.11. The lowest BCUT2D eigenvalue weighted by molar-refractivity contribution is -0.189. The Morgan fingerprint density at radius 1 is 1.17 bits per heavy atom. The van der Waals surface area contributed by atoms with Gasteiger partial charge in [0.05, 0.1) is 41.1 Å². The highest BCUT2D eigenvalue weighted by molar-refractivity contribution is 8.00. The van der Waals surface area contributed by atoms with Gasteiger partial charge >= 0.3 is 0 Å². The predicted octanol–water partition coefficient (Wildman–Crippen LogP) is 5.70. The van der Waals surface area contributed by atoms with Crippen LogP contribution in [0, 0.1) is 5.41 Å². The molecule has 2 aromatic carbocycles. The maximum atomic E-state index is 6.27. The van der Waals surface area contributed by atoms with Crippen molar-refractivity contribution in [3.8, 4) is 5.75 Å². The molecule has 5 nitrogen and oxygen atoms in total. The normalized spacial score (nSPS) is 17.7. The number of nitrogens with zero attached hydrogens (tertiary/aromatic N) is 1. The summed E-state index contributed by atoms with van der Waals surface area (Å²) in [7, 11) is 0. The van der Waals surface area contributed by atoms with Gasteiger partial charge < -0.3 is 24.1 Å². The summed E-state index contributed by atoms with van der Waals surface area (Å²) in [6.45, 7) is 6.04. The van der Waals surface area contributed by atoms with Crippen LogP contribution >= 0.6 is 35.1 Å². The number of nitrogens with one attached hydrogen (secondary N) is 2. The van der Waals surface area contributed by atoms with Crippen LogP contribution in [0.5, 0.6) is 5.75 Å². The van der Waals surface area contributed by atoms with Crippen LogP contribution in [-0.2, 0) is 4.74 Å². The molecule has 5 rings (SSSR count). The topological polar surface area (TPSA) is 49.5 Å². The lowest BCUT2D eigenvalue weighted by Gasteiger charge is -2.55. The van der Waals surface area contributed by atoms with Gasteiger partial charge in [0, 0.05) is 41.5 Å². The molecular formula is C22H23Cl2N3O2S. The average Bonchev–Trinajstić information content (AvgIpc) is 3.08. The van der Waals surface area contributed by atoms with Gasteiger partial charge in [-0.05, 0) is 48.7 Å². The van der Waals surface area contributed by atoms with Crippen LogP contribution in [0.2, 0.25) is 10.0 Å². The van der Waals surface area contributed by atoms with E-state index in [-0.39, 0.29) is 0 Å². The van der Waals surface area contributed by atoms with E-state index in [9.17, 15) is 0 Å². The molecule has 158 valence electrons. The fourth-order valence-corrected chi connectivity index (χ4v) is 5.38. The molecule has 1 aromatic heterocycles. The Hall–Kier alpha value is -1.57. The molecule has 0 saturated carbocycles. The minimum absolute atomic E-state index is 0.487. The molecule has 30 heavy (non-hydrogen) atoms. The van der Waals surface area contributed by atoms with Crippen LogP contribution in [-0.4, -0.2) is 49.3 Å². The number of aromatic amines is 1. The number of anilines is 1. The smallest absolute Gasteiger partial charge is 0.120 e. The molecule has 1 spiro atoms. The zero-order valence-electron chi connectivity index (χ0n) is 16.4. The largest absolute Gasteiger partial charge is 0.494 e. The first-order chi connectivity index (χ1) is 14.6. The molecule has 0 unspecified atom stereocenters. The average molecular weight is 464 g/mol. The van der Waals surface area contributed by atoms with E-state index in [4.69, 9.17) is 32.7 Å². The zero-order valence-corrected chi connectivity index (χ0v) is 18.7. The molecule has 2 N–H and O–H groups in total. The molecule has 0 atom stereocenters. The summed E-state index contributed by atoms with van der Waals surface area (Å²) in [4.78, 5) is 6.74. The highest BCUT2D eigenvalue weighted by atomic mass is 35.5. The Morgan fingerprint density at radius 3 is 2.83 bits per heavy atom. The van der Waals surface area contributed by atoms with Crippen molar-refractivity contribution in [2.75, 3.05) is 44.2 Å². The first kappa shape index (κ1) is 20.3. The maximum Gasteiger partial charge on any atom is 0.120 e. The molecule has 0 amide bonds. The van der Waals surface area contributed by atoms with Crippen LogP contribution in [0.25, 0.3) is 10.9 Å². The number of benzene rings is 2. The Morgan fingerprint density at radius 2 is 2.03 bits per heavy atom. The molecule has 8 heteroatoms. The molecule has 0 aliphatic carbocycles. The van der Waals surface area contributed by atoms with Crippen molar-refractivity contribution >= 4 is 51.7 Å². The number of fused-ring (bicyclic) bond motifs is 1. The van der Waals surface area contributed by atoms with Crippen LogP contribution in [0.15, 0.2) is 47.5 Å². The lowest BCUT2D eigenvalue weighted by Crippen LogP contribution is -2.65. The minimum Gasteiger partial charge on any atom is -0.494 e. The summed E-state index contributed by atoms with van der Waals surface area (Å²) in [5.74, 6) is 0.887. The standard InChI is InChI=1S/C22H23Cl2N3O2S/c23-17-5-6-19(21-20(17)18(24)10-25-21)26-30-16-4-1-3-15(9-16)29-8-2-7-27-11-22(12-27)13-28-14-22/h1,3-6,9-10,25-26H,2,7-8,11-14H2. The van der Waals surface area contributed by atoms with Gasteiger partial charge in [0.2, 0.25) is 0 Å². The second-order valence-electron chi connectivity index (χ2n) is 8.07. The first-order valence-corrected chi connectivity index (χ1v) is 11.6. The summed E-state index contributed by atoms with van der Waals surface area (Å²) in [6.07, 6.45) is 2.78. The van der Waals surface area contributed by atoms with Crippen molar-refractivity contribution in [2.45, 2.75) is 11.3 Å². The van der Waals surface area contributed by atoms with E-state index < -0.39 is 0 Å². The summed E-state index contributed by atoms with van der Waals surface area (Å²) in [6, 6.07) is 11.9. The van der Waals surface area contributed by atoms with Crippen LogP contribution in [0.3, 0.4) is 0 Å². The van der Waals surface area contributed by atoms with Crippen molar-refractivity contribution in [1.82, 2.24) is 9.88 Å². The minimum atomic E-state index is 0.487. The van der Waals surface area contributed by atoms with E-state index in [1.54, 1.807) is 6.20 Å². The summed E-state index contributed by atoms with van der Waals surface area (Å²) in [5.41, 5.74) is 2.32. The second-order valence-corrected chi connectivity index (χ2v) is 9.76. The van der Waals surface area contributed by atoms with E-state index in [2.05, 4.69) is 26.7 Å². The van der Waals surface area contributed by atoms with Gasteiger partial charge in [0.1, 0.15) is 5.75 Å². The summed E-state index contributed by atoms with van der Waals surface area (Å²) < 4.78 is 14.7. The van der Waals surface area contributed by atoms with Crippen molar-refractivity contribution in [1.29, 1.82) is 0 Å². The molecule has 3 heterocycles. The highest BCUT2D eigenvalue weighted by Crippen LogP contribution is 2.38. The molecule has 0 bridgehead atoms. The van der Waals surface area contributed by atoms with Gasteiger partial charge in [-0.1, -0.05) is 29.3 Å². The van der Waals surface area contributed by atoms with Gasteiger partial charge in [-0.25, -0.2) is 0 Å². The zero-order chi connectivity index (χ0) is 20.6. The third kappa shape index (κ3) is 4.12. The van der Waals surface area contributed by atoms with Crippen LogP contribution in [0.4, 0.5) is 5.69 Å². The Balaban J connectivity index is 1.12. The van der Waals surface area contributed by atoms with E-state index >= 15 is 0 Å². The van der Waals surface area contributed by atoms with Crippen molar-refractivity contribution < 1.29 is 9.47 Å². The molecule has 2 aliphatic rings. The molecule has 2 aliphatic heterocycles. The van der Waals surface area contributed by atoms with Gasteiger partial charge in [-0.15, -0.1) is 0 Å². The van der Waals surface area contributed by atoms with Gasteiger partial charge in [0.25, 0.3) is 0 Å². The lowest BCUT2D eigenvalue weighted by atomic mass is 9.78. The Bertz CT molecular complexity index is 1050. The number of rotatable bonds is 8. The molecule has 0 radical (unpaired) electrons. The summed E-state index contributed by atoms with van der Waals surface area (Å²) in [5, 5.41) is 2.09. The fraction of sp³-hybridized carbons (Fsp3) is 0.364. The Kier molecular flexibility index (Phi) is 5.77. The highest BCUT2D eigenvalue weighted by Gasteiger charge is 2.48. The third-order valence-corrected chi connectivity index (χ3v) is 7.07. The molecule has 2 saturated heterocycles. The van der Waals surface area contributed by atoms with E-state index in [1.165, 1.54) is 25.0 Å². The van der Waals surface area contributed by atoms with Crippen LogP contribution < -0.4 is 9.46 Å².